The summed E-state index contributed by atoms with van der Waals surface area (Å²) in [7, 11) is 0. The highest BCUT2D eigenvalue weighted by molar-refractivity contribution is 6.18. The number of aliphatic carboxylic acids is 1. The van der Waals surface area contributed by atoms with Gasteiger partial charge in [-0.3, -0.25) is 4.79 Å². The molecule has 0 radical (unpaired) electrons. The summed E-state index contributed by atoms with van der Waals surface area (Å²) >= 11 is 5.29. The first-order chi connectivity index (χ1) is 4.18. The van der Waals surface area contributed by atoms with Crippen LogP contribution in [0.15, 0.2) is 0 Å². The number of hydrogen-bond donors (Lipinski definition) is 2. The molecule has 0 aliphatic carbocycles. The van der Waals surface area contributed by atoms with Gasteiger partial charge in [0.2, 0.25) is 0 Å². The molecule has 0 bridgehead atoms. The van der Waals surface area contributed by atoms with Gasteiger partial charge in [0.05, 0.1) is 0 Å². The smallest absolute Gasteiger partial charge is 0.320 e. The van der Waals surface area contributed by atoms with Gasteiger partial charge in [0.15, 0.2) is 0 Å². The first kappa shape index (κ1) is 8.72. The van der Waals surface area contributed by atoms with E-state index in [0.717, 1.165) is 0 Å². The molecule has 0 aromatic carbocycles. The van der Waals surface area contributed by atoms with E-state index in [-0.39, 0.29) is 0 Å². The van der Waals surface area contributed by atoms with Crippen molar-refractivity contribution < 1.29 is 9.90 Å². The van der Waals surface area contributed by atoms with Gasteiger partial charge in [-0.15, -0.1) is 11.6 Å². The second-order valence-electron chi connectivity index (χ2n) is 1.70. The molecule has 0 saturated carbocycles. The normalized spacial score (nSPS) is 13.1. The minimum atomic E-state index is -0.847. The predicted molar refractivity (Wildman–Crippen MR) is 35.8 cm³/mol. The van der Waals surface area contributed by atoms with Crippen molar-refractivity contribution in [1.29, 1.82) is 0 Å². The molecule has 2 N–H and O–H groups in total. The van der Waals surface area contributed by atoms with E-state index < -0.39 is 12.0 Å². The molecular weight excluding hydrogens is 142 g/mol. The molecule has 0 fully saturated rings. The molecular formula is C5H10ClNO2. The van der Waals surface area contributed by atoms with Crippen molar-refractivity contribution in [3.05, 3.63) is 0 Å². The molecule has 4 heteroatoms. The van der Waals surface area contributed by atoms with Crippen LogP contribution >= 0.6 is 11.6 Å². The number of halogens is 1. The highest BCUT2D eigenvalue weighted by Gasteiger charge is 2.07. The number of rotatable bonds is 4. The summed E-state index contributed by atoms with van der Waals surface area (Å²) in [5.41, 5.74) is 0. The third-order valence-corrected chi connectivity index (χ3v) is 1.10. The second kappa shape index (κ2) is 4.58. The highest BCUT2D eigenvalue weighted by atomic mass is 35.5. The number of alkyl halides is 1. The molecule has 0 saturated heterocycles. The standard InChI is InChI=1S/C5H10ClNO2/c1-4(5(8)9)7-3-2-6/h4,7H,2-3H2,1H3,(H,8,9)/t4-/m0/s1. The van der Waals surface area contributed by atoms with E-state index in [1.165, 1.54) is 0 Å². The molecule has 0 rings (SSSR count). The summed E-state index contributed by atoms with van der Waals surface area (Å²) in [6, 6.07) is -0.497. The molecule has 0 aromatic heterocycles. The molecule has 0 aromatic rings. The summed E-state index contributed by atoms with van der Waals surface area (Å²) in [4.78, 5) is 10.1. The first-order valence-electron chi connectivity index (χ1n) is 2.70. The molecule has 1 atom stereocenters. The second-order valence-corrected chi connectivity index (χ2v) is 2.08. The van der Waals surface area contributed by atoms with Crippen LogP contribution in [0.2, 0.25) is 0 Å². The molecule has 0 aliphatic rings. The van der Waals surface area contributed by atoms with Crippen LogP contribution in [0.25, 0.3) is 0 Å². The average molecular weight is 152 g/mol. The fourth-order valence-electron chi connectivity index (χ4n) is 0.358. The average Bonchev–Trinajstić information content (AvgIpc) is 1.82. The lowest BCUT2D eigenvalue weighted by Crippen LogP contribution is -2.34. The van der Waals surface area contributed by atoms with Gasteiger partial charge in [0.1, 0.15) is 6.04 Å². The van der Waals surface area contributed by atoms with Crippen LogP contribution in [0.3, 0.4) is 0 Å². The van der Waals surface area contributed by atoms with Gasteiger partial charge < -0.3 is 10.4 Å². The van der Waals surface area contributed by atoms with Gasteiger partial charge >= 0.3 is 5.97 Å². The monoisotopic (exact) mass is 151 g/mol. The zero-order valence-corrected chi connectivity index (χ0v) is 5.98. The molecule has 0 unspecified atom stereocenters. The number of carboxylic acid groups (broad SMARTS) is 1. The van der Waals surface area contributed by atoms with E-state index in [2.05, 4.69) is 5.32 Å². The van der Waals surface area contributed by atoms with Gasteiger partial charge in [-0.2, -0.15) is 0 Å². The van der Waals surface area contributed by atoms with Crippen LogP contribution in [0, 0.1) is 0 Å². The Balaban J connectivity index is 3.27. The first-order valence-corrected chi connectivity index (χ1v) is 3.24. The molecule has 54 valence electrons. The van der Waals surface area contributed by atoms with E-state index in [0.29, 0.717) is 12.4 Å². The van der Waals surface area contributed by atoms with E-state index in [1.54, 1.807) is 6.92 Å². The van der Waals surface area contributed by atoms with E-state index >= 15 is 0 Å². The third-order valence-electron chi connectivity index (χ3n) is 0.915. The molecule has 3 nitrogen and oxygen atoms in total. The molecule has 0 aliphatic heterocycles. The van der Waals surface area contributed by atoms with Crippen molar-refractivity contribution in [2.45, 2.75) is 13.0 Å². The van der Waals surface area contributed by atoms with Crippen LogP contribution in [0.4, 0.5) is 0 Å². The topological polar surface area (TPSA) is 49.3 Å². The Morgan fingerprint density at radius 1 is 1.89 bits per heavy atom. The zero-order valence-electron chi connectivity index (χ0n) is 5.22. The minimum Gasteiger partial charge on any atom is -0.480 e. The largest absolute Gasteiger partial charge is 0.480 e. The lowest BCUT2D eigenvalue weighted by Gasteiger charge is -2.05. The van der Waals surface area contributed by atoms with Crippen molar-refractivity contribution in [3.8, 4) is 0 Å². The number of carbonyl (C=O) groups is 1. The van der Waals surface area contributed by atoms with Crippen molar-refractivity contribution >= 4 is 17.6 Å². The maximum atomic E-state index is 10.1. The maximum absolute atomic E-state index is 10.1. The van der Waals surface area contributed by atoms with Crippen LogP contribution in [0.1, 0.15) is 6.92 Å². The Hall–Kier alpha value is -0.280. The fraction of sp³-hybridized carbons (Fsp3) is 0.800. The van der Waals surface area contributed by atoms with Crippen molar-refractivity contribution in [3.63, 3.8) is 0 Å². The van der Waals surface area contributed by atoms with Crippen LogP contribution in [-0.2, 0) is 4.79 Å². The lowest BCUT2D eigenvalue weighted by molar-refractivity contribution is -0.138. The SMILES string of the molecule is C[C@H](NCCCl)C(=O)O. The number of hydrogen-bond acceptors (Lipinski definition) is 2. The van der Waals surface area contributed by atoms with E-state index in [1.807, 2.05) is 0 Å². The number of carboxylic acids is 1. The van der Waals surface area contributed by atoms with Gasteiger partial charge in [0.25, 0.3) is 0 Å². The van der Waals surface area contributed by atoms with Crippen molar-refractivity contribution in [1.82, 2.24) is 5.32 Å². The molecule has 0 amide bonds. The molecule has 0 spiro atoms. The summed E-state index contributed by atoms with van der Waals surface area (Å²) in [6.45, 7) is 2.11. The zero-order chi connectivity index (χ0) is 7.28. The van der Waals surface area contributed by atoms with E-state index in [4.69, 9.17) is 16.7 Å². The van der Waals surface area contributed by atoms with Crippen LogP contribution in [0.5, 0.6) is 0 Å². The summed E-state index contributed by atoms with van der Waals surface area (Å²) in [6.07, 6.45) is 0. The number of nitrogens with one attached hydrogen (secondary N) is 1. The summed E-state index contributed by atoms with van der Waals surface area (Å²) < 4.78 is 0. The van der Waals surface area contributed by atoms with Crippen LogP contribution in [-0.4, -0.2) is 29.5 Å². The van der Waals surface area contributed by atoms with Gasteiger partial charge in [-0.1, -0.05) is 0 Å². The molecule has 9 heavy (non-hydrogen) atoms. The van der Waals surface area contributed by atoms with E-state index in [9.17, 15) is 4.79 Å². The Labute approximate surface area is 59.0 Å². The Bertz CT molecular complexity index is 97.0. The predicted octanol–water partition coefficient (Wildman–Crippen LogP) is 0.288. The Morgan fingerprint density at radius 3 is 2.78 bits per heavy atom. The lowest BCUT2D eigenvalue weighted by atomic mass is 10.3. The Morgan fingerprint density at radius 2 is 2.44 bits per heavy atom. The quantitative estimate of drug-likeness (QED) is 0.568. The maximum Gasteiger partial charge on any atom is 0.320 e. The highest BCUT2D eigenvalue weighted by Crippen LogP contribution is 1.80. The summed E-state index contributed by atoms with van der Waals surface area (Å²) in [5.74, 6) is -0.405. The van der Waals surface area contributed by atoms with Crippen molar-refractivity contribution in [2.75, 3.05) is 12.4 Å². The van der Waals surface area contributed by atoms with Gasteiger partial charge in [-0.05, 0) is 6.92 Å². The third kappa shape index (κ3) is 4.24. The fourth-order valence-corrected chi connectivity index (χ4v) is 0.467. The van der Waals surface area contributed by atoms with Crippen LogP contribution < -0.4 is 5.32 Å². The molecule has 0 heterocycles. The Kier molecular flexibility index (Phi) is 4.44. The van der Waals surface area contributed by atoms with Gasteiger partial charge in [-0.25, -0.2) is 0 Å². The van der Waals surface area contributed by atoms with Gasteiger partial charge in [0, 0.05) is 12.4 Å². The minimum absolute atomic E-state index is 0.442. The summed E-state index contributed by atoms with van der Waals surface area (Å²) in [5, 5.41) is 11.0. The van der Waals surface area contributed by atoms with Crippen molar-refractivity contribution in [2.24, 2.45) is 0 Å².